The smallest absolute Gasteiger partial charge is 0.0630 e. The molecule has 0 fully saturated rings. The molecule has 0 unspecified atom stereocenters. The van der Waals surface area contributed by atoms with Crippen LogP contribution in [0.1, 0.15) is 59.7 Å². The molecule has 0 aliphatic carbocycles. The summed E-state index contributed by atoms with van der Waals surface area (Å²) in [6.45, 7) is 24.6. The van der Waals surface area contributed by atoms with Gasteiger partial charge in [-0.25, -0.2) is 30.3 Å². The second kappa shape index (κ2) is 36.2. The van der Waals surface area contributed by atoms with Gasteiger partial charge in [0.1, 0.15) is 0 Å². The molecule has 0 bridgehead atoms. The Morgan fingerprint density at radius 3 is 1.26 bits per heavy atom. The first-order valence-electron chi connectivity index (χ1n) is 13.8. The fourth-order valence-corrected chi connectivity index (χ4v) is 3.50. The van der Waals surface area contributed by atoms with Gasteiger partial charge in [-0.15, -0.1) is 49.6 Å². The molecule has 4 rings (SSSR count). The Balaban J connectivity index is -0.0000000950. The van der Waals surface area contributed by atoms with Crippen molar-refractivity contribution < 1.29 is 46.7 Å². The standard InChI is InChI=1S/C11H17.C9H13.2C5H5.2C2H6Si.4ClH.2Zr/c1-4-9-7-8-10(5-2)11(9)6-3;1-6-5-7(2)9(4)8(6)3;2*1-2-4-5-3-1;2*1-3-2;;;;;;/h7-8H,4-6H2,1-3H3;5H,1-4H3;2*1-5H;2*1-2H3;4*1H;;/q4*-1;;;;;;;2*+2. The number of aryl methyl sites for hydroxylation is 4. The molecule has 4 aromatic carbocycles. The SMILES string of the molecule is CCc1cc[c-](CC)c1CC.C[Si](C)=[Zr+2].C[Si](C)=[Zr+2].Cc1c[c-](C)c(C)c1C.Cl.Cl.Cl.Cl.c1cc[cH-]c1.c1cc[cH-]c1. The maximum absolute atomic E-state index is 2.31. The molecule has 8 heteroatoms. The molecule has 236 valence electrons. The van der Waals surface area contributed by atoms with Crippen LogP contribution in [0.5, 0.6) is 0 Å². The summed E-state index contributed by atoms with van der Waals surface area (Å²) in [5, 5.41) is 0. The summed E-state index contributed by atoms with van der Waals surface area (Å²) in [4.78, 5) is 0. The van der Waals surface area contributed by atoms with Crippen molar-refractivity contribution in [3.05, 3.63) is 118 Å². The Morgan fingerprint density at radius 1 is 0.714 bits per heavy atom. The van der Waals surface area contributed by atoms with Crippen LogP contribution in [0.2, 0.25) is 26.2 Å². The third-order valence-corrected chi connectivity index (χ3v) is 5.67. The molecular formula is C34H56Cl4Si2Zr2. The van der Waals surface area contributed by atoms with Gasteiger partial charge in [-0.1, -0.05) is 67.7 Å². The molecule has 0 aliphatic heterocycles. The minimum absolute atomic E-state index is 0. The first-order chi connectivity index (χ1) is 17.9. The molecule has 0 saturated carbocycles. The normalized spacial score (nSPS) is 8.17. The fourth-order valence-electron chi connectivity index (χ4n) is 3.50. The predicted octanol–water partition coefficient (Wildman–Crippen LogP) is 11.8. The van der Waals surface area contributed by atoms with Crippen LogP contribution in [0, 0.1) is 27.7 Å². The van der Waals surface area contributed by atoms with Crippen molar-refractivity contribution >= 4 is 60.5 Å². The van der Waals surface area contributed by atoms with Gasteiger partial charge in [-0.05, 0) is 0 Å². The van der Waals surface area contributed by atoms with E-state index in [1.165, 1.54) is 41.5 Å². The van der Waals surface area contributed by atoms with E-state index in [0.717, 1.165) is 0 Å². The molecule has 0 aromatic heterocycles. The Bertz CT molecular complexity index is 973. The van der Waals surface area contributed by atoms with Crippen LogP contribution < -0.4 is 0 Å². The van der Waals surface area contributed by atoms with Crippen molar-refractivity contribution in [2.45, 2.75) is 93.9 Å². The third-order valence-electron chi connectivity index (χ3n) is 5.67. The van der Waals surface area contributed by atoms with Gasteiger partial charge >= 0.3 is 83.7 Å². The van der Waals surface area contributed by atoms with E-state index >= 15 is 0 Å². The Morgan fingerprint density at radius 2 is 1.10 bits per heavy atom. The topological polar surface area (TPSA) is 0 Å². The quantitative estimate of drug-likeness (QED) is 0.142. The number of hydrogen-bond acceptors (Lipinski definition) is 0. The monoisotopic (exact) mass is 840 g/mol. The van der Waals surface area contributed by atoms with Gasteiger partial charge in [-0.2, -0.15) is 87.5 Å². The Hall–Kier alpha value is 0.760. The molecule has 0 aliphatic rings. The summed E-state index contributed by atoms with van der Waals surface area (Å²) < 4.78 is 0. The average Bonchev–Trinajstić information content (AvgIpc) is 3.68. The van der Waals surface area contributed by atoms with Crippen molar-refractivity contribution in [3.8, 4) is 0 Å². The first-order valence-corrected chi connectivity index (χ1v) is 26.1. The molecule has 0 saturated heterocycles. The summed E-state index contributed by atoms with van der Waals surface area (Å²) in [5.41, 5.74) is 10.9. The van der Waals surface area contributed by atoms with E-state index in [9.17, 15) is 0 Å². The molecule has 0 spiro atoms. The van der Waals surface area contributed by atoms with Gasteiger partial charge in [0.15, 0.2) is 0 Å². The van der Waals surface area contributed by atoms with E-state index in [1.54, 1.807) is 63.4 Å². The van der Waals surface area contributed by atoms with Crippen molar-refractivity contribution in [3.63, 3.8) is 0 Å². The Labute approximate surface area is 315 Å². The zero-order valence-electron chi connectivity index (χ0n) is 27.8. The maximum Gasteiger partial charge on any atom is -0.0630 e. The number of halogens is 4. The van der Waals surface area contributed by atoms with Crippen molar-refractivity contribution in [1.82, 2.24) is 0 Å². The predicted molar refractivity (Wildman–Crippen MR) is 199 cm³/mol. The van der Waals surface area contributed by atoms with Gasteiger partial charge in [0, 0.05) is 0 Å². The number of rotatable bonds is 3. The van der Waals surface area contributed by atoms with Crippen LogP contribution in [0.4, 0.5) is 0 Å². The molecular weight excluding hydrogens is 789 g/mol. The van der Waals surface area contributed by atoms with E-state index in [2.05, 4.69) is 92.9 Å². The van der Waals surface area contributed by atoms with Crippen LogP contribution in [-0.4, -0.2) is 10.9 Å². The van der Waals surface area contributed by atoms with Crippen molar-refractivity contribution in [1.29, 1.82) is 0 Å². The first kappa shape index (κ1) is 55.2. The second-order valence-corrected chi connectivity index (χ2v) is 28.4. The molecule has 0 heterocycles. The maximum atomic E-state index is 2.31. The summed E-state index contributed by atoms with van der Waals surface area (Å²) >= 11 is 3.48. The van der Waals surface area contributed by atoms with E-state index in [1.807, 2.05) is 60.7 Å². The van der Waals surface area contributed by atoms with Crippen LogP contribution in [0.3, 0.4) is 0 Å². The van der Waals surface area contributed by atoms with Gasteiger partial charge in [0.25, 0.3) is 0 Å². The zero-order valence-corrected chi connectivity index (χ0v) is 37.9. The molecule has 0 amide bonds. The van der Waals surface area contributed by atoms with E-state index in [0.29, 0.717) is 0 Å². The summed E-state index contributed by atoms with van der Waals surface area (Å²) in [5.74, 6) is 0. The van der Waals surface area contributed by atoms with Crippen molar-refractivity contribution in [2.24, 2.45) is 0 Å². The van der Waals surface area contributed by atoms with Gasteiger partial charge < -0.3 is 0 Å². The summed E-state index contributed by atoms with van der Waals surface area (Å²) in [6, 6.07) is 26.8. The average molecular weight is 845 g/mol. The minimum atomic E-state index is 0. The Kier molecular flexibility index (Phi) is 47.6. The van der Waals surface area contributed by atoms with Crippen molar-refractivity contribution in [2.75, 3.05) is 0 Å². The van der Waals surface area contributed by atoms with Crippen LogP contribution in [0.25, 0.3) is 0 Å². The minimum Gasteiger partial charge on any atom is -0.214 e. The molecule has 0 nitrogen and oxygen atoms in total. The van der Waals surface area contributed by atoms with Crippen LogP contribution >= 0.6 is 49.6 Å². The molecule has 42 heavy (non-hydrogen) atoms. The largest absolute Gasteiger partial charge is 0.214 e. The molecule has 0 atom stereocenters. The second-order valence-electron chi connectivity index (χ2n) is 9.61. The van der Waals surface area contributed by atoms with Gasteiger partial charge in [0.05, 0.1) is 0 Å². The van der Waals surface area contributed by atoms with Crippen LogP contribution in [0.15, 0.2) is 78.9 Å². The third kappa shape index (κ3) is 30.8. The zero-order chi connectivity index (χ0) is 29.5. The summed E-state index contributed by atoms with van der Waals surface area (Å²) in [6.07, 6.45) is 3.56. The molecule has 4 aromatic rings. The van der Waals surface area contributed by atoms with E-state index in [4.69, 9.17) is 0 Å². The van der Waals surface area contributed by atoms with E-state index in [-0.39, 0.29) is 60.5 Å². The molecule has 0 N–H and O–H groups in total. The summed E-state index contributed by atoms with van der Waals surface area (Å²) in [7, 11) is 0. The van der Waals surface area contributed by atoms with Crippen LogP contribution in [-0.2, 0) is 65.9 Å². The van der Waals surface area contributed by atoms with Gasteiger partial charge in [0.2, 0.25) is 0 Å². The number of hydrogen-bond donors (Lipinski definition) is 0. The molecule has 0 radical (unpaired) electrons. The van der Waals surface area contributed by atoms with Gasteiger partial charge in [-0.3, -0.25) is 0 Å². The fraction of sp³-hybridized carbons (Fsp3) is 0.412. The van der Waals surface area contributed by atoms with E-state index < -0.39 is 0 Å².